The number of hydrogen-bond acceptors (Lipinski definition) is 3. The Bertz CT molecular complexity index is 1480. The quantitative estimate of drug-likeness (QED) is 0.148. The van der Waals surface area contributed by atoms with E-state index in [-0.39, 0.29) is 29.3 Å². The number of halogens is 5. The smallest absolute Gasteiger partial charge is 0.330 e. The highest BCUT2D eigenvalue weighted by Gasteiger charge is 2.38. The Morgan fingerprint density at radius 2 is 1.66 bits per heavy atom. The summed E-state index contributed by atoms with van der Waals surface area (Å²) in [6.07, 6.45) is -2.28. The van der Waals surface area contributed by atoms with E-state index < -0.39 is 41.0 Å². The highest BCUT2D eigenvalue weighted by Crippen LogP contribution is 2.41. The lowest BCUT2D eigenvalue weighted by molar-refractivity contribution is -0.137. The number of benzene rings is 3. The van der Waals surface area contributed by atoms with Crippen molar-refractivity contribution in [3.05, 3.63) is 113 Å². The van der Waals surface area contributed by atoms with Crippen LogP contribution in [0.25, 0.3) is 11.3 Å². The molecule has 0 fully saturated rings. The molecule has 0 bridgehead atoms. The minimum atomic E-state index is -4.60. The Kier molecular flexibility index (Phi) is 9.38. The van der Waals surface area contributed by atoms with Gasteiger partial charge in [-0.25, -0.2) is 13.8 Å². The predicted octanol–water partition coefficient (Wildman–Crippen LogP) is 7.87. The lowest BCUT2D eigenvalue weighted by Gasteiger charge is -2.30. The van der Waals surface area contributed by atoms with Crippen LogP contribution in [0, 0.1) is 23.5 Å². The van der Waals surface area contributed by atoms with Crippen LogP contribution < -0.4 is 5.73 Å². The molecule has 1 aromatic heterocycles. The summed E-state index contributed by atoms with van der Waals surface area (Å²) in [5, 5.41) is 0. The molecule has 216 valence electrons. The fourth-order valence-electron chi connectivity index (χ4n) is 5.33. The number of nitrogens with two attached hydrogens (primary N) is 1. The fourth-order valence-corrected chi connectivity index (χ4v) is 5.33. The number of rotatable bonds is 11. The highest BCUT2D eigenvalue weighted by atomic mass is 19.4. The molecule has 0 radical (unpaired) electrons. The fraction of sp³-hybridized carbons (Fsp3) is 0.312. The van der Waals surface area contributed by atoms with Gasteiger partial charge >= 0.3 is 6.18 Å². The minimum absolute atomic E-state index is 0.0787. The van der Waals surface area contributed by atoms with Crippen molar-refractivity contribution in [1.82, 2.24) is 9.55 Å². The summed E-state index contributed by atoms with van der Waals surface area (Å²) < 4.78 is 72.0. The Morgan fingerprint density at radius 1 is 0.976 bits per heavy atom. The van der Waals surface area contributed by atoms with Crippen molar-refractivity contribution >= 4 is 5.78 Å². The van der Waals surface area contributed by atoms with Gasteiger partial charge < -0.3 is 10.3 Å². The SMILES string of the molecule is CC(C)[C@H](c1nc(-c2ccccc2C(F)(F)F)cn1Cc1ccccc1)C(CCCN)C(=O)c1ccc(F)cc1F. The Balaban J connectivity index is 1.90. The average Bonchev–Trinajstić information content (AvgIpc) is 3.33. The normalized spacial score (nSPS) is 13.4. The van der Waals surface area contributed by atoms with Crippen molar-refractivity contribution in [2.45, 2.75) is 45.3 Å². The van der Waals surface area contributed by atoms with E-state index in [9.17, 15) is 26.7 Å². The van der Waals surface area contributed by atoms with Crippen LogP contribution in [0.4, 0.5) is 22.0 Å². The summed E-state index contributed by atoms with van der Waals surface area (Å²) in [7, 11) is 0. The Labute approximate surface area is 236 Å². The van der Waals surface area contributed by atoms with Crippen LogP contribution >= 0.6 is 0 Å². The van der Waals surface area contributed by atoms with Gasteiger partial charge in [-0.2, -0.15) is 13.2 Å². The number of alkyl halides is 3. The van der Waals surface area contributed by atoms with E-state index in [0.717, 1.165) is 23.8 Å². The summed E-state index contributed by atoms with van der Waals surface area (Å²) in [4.78, 5) is 18.6. The Hall–Kier alpha value is -3.85. The maximum atomic E-state index is 14.8. The molecule has 2 atom stereocenters. The zero-order valence-corrected chi connectivity index (χ0v) is 22.8. The number of hydrogen-bond donors (Lipinski definition) is 1. The van der Waals surface area contributed by atoms with Crippen LogP contribution in [0.5, 0.6) is 0 Å². The number of carbonyl (C=O) groups excluding carboxylic acids is 1. The molecule has 0 amide bonds. The summed E-state index contributed by atoms with van der Waals surface area (Å²) in [6, 6.07) is 17.4. The number of carbonyl (C=O) groups is 1. The molecule has 0 aliphatic rings. The van der Waals surface area contributed by atoms with Crippen LogP contribution in [0.1, 0.15) is 59.9 Å². The third-order valence-corrected chi connectivity index (χ3v) is 7.21. The van der Waals surface area contributed by atoms with Crippen LogP contribution in [0.3, 0.4) is 0 Å². The Morgan fingerprint density at radius 3 is 2.29 bits per heavy atom. The molecule has 4 aromatic rings. The van der Waals surface area contributed by atoms with E-state index >= 15 is 0 Å². The first kappa shape index (κ1) is 30.1. The first-order valence-electron chi connectivity index (χ1n) is 13.5. The molecule has 41 heavy (non-hydrogen) atoms. The van der Waals surface area contributed by atoms with Gasteiger partial charge in [-0.05, 0) is 49.1 Å². The molecular weight excluding hydrogens is 537 g/mol. The number of imidazole rings is 1. The first-order valence-corrected chi connectivity index (χ1v) is 13.5. The molecule has 4 rings (SSSR count). The van der Waals surface area contributed by atoms with E-state index in [1.807, 2.05) is 44.2 Å². The molecule has 0 saturated heterocycles. The van der Waals surface area contributed by atoms with E-state index in [2.05, 4.69) is 0 Å². The second kappa shape index (κ2) is 12.8. The van der Waals surface area contributed by atoms with Crippen molar-refractivity contribution in [3.63, 3.8) is 0 Å². The van der Waals surface area contributed by atoms with E-state index in [1.165, 1.54) is 18.2 Å². The molecule has 0 aliphatic carbocycles. The number of Topliss-reactive ketones (excluding diaryl/α,β-unsaturated/α-hetero) is 1. The van der Waals surface area contributed by atoms with Gasteiger partial charge in [0.15, 0.2) is 5.78 Å². The number of nitrogens with zero attached hydrogens (tertiary/aromatic N) is 2. The van der Waals surface area contributed by atoms with Gasteiger partial charge in [-0.15, -0.1) is 0 Å². The van der Waals surface area contributed by atoms with Crippen LogP contribution in [-0.4, -0.2) is 21.9 Å². The standard InChI is InChI=1S/C32H32F5N3O/c1-20(2)29(25(12-8-16-38)30(41)24-15-14-22(33)17-27(24)34)31-39-28(19-40(31)18-21-9-4-3-5-10-21)23-11-6-7-13-26(23)32(35,36)37/h3-7,9-11,13-15,17,19-20,25,29H,8,12,16,18,38H2,1-2H3/t25?,29-/m0/s1. The molecule has 2 N–H and O–H groups in total. The monoisotopic (exact) mass is 569 g/mol. The van der Waals surface area contributed by atoms with Gasteiger partial charge in [0.2, 0.25) is 0 Å². The first-order chi connectivity index (χ1) is 19.5. The average molecular weight is 570 g/mol. The summed E-state index contributed by atoms with van der Waals surface area (Å²) in [5.41, 5.74) is 5.65. The molecule has 0 spiro atoms. The van der Waals surface area contributed by atoms with Crippen molar-refractivity contribution < 1.29 is 26.7 Å². The highest BCUT2D eigenvalue weighted by molar-refractivity contribution is 5.98. The molecule has 4 nitrogen and oxygen atoms in total. The molecular formula is C32H32F5N3O. The third-order valence-electron chi connectivity index (χ3n) is 7.21. The van der Waals surface area contributed by atoms with Crippen molar-refractivity contribution in [3.8, 4) is 11.3 Å². The molecule has 9 heteroatoms. The maximum absolute atomic E-state index is 14.8. The topological polar surface area (TPSA) is 60.9 Å². The number of ketones is 1. The molecule has 1 unspecified atom stereocenters. The van der Waals surface area contributed by atoms with Crippen molar-refractivity contribution in [1.29, 1.82) is 0 Å². The molecule has 0 saturated carbocycles. The minimum Gasteiger partial charge on any atom is -0.330 e. The maximum Gasteiger partial charge on any atom is 0.417 e. The van der Waals surface area contributed by atoms with Gasteiger partial charge in [0.05, 0.1) is 16.8 Å². The summed E-state index contributed by atoms with van der Waals surface area (Å²) in [6.45, 7) is 4.35. The van der Waals surface area contributed by atoms with Crippen molar-refractivity contribution in [2.75, 3.05) is 6.54 Å². The van der Waals surface area contributed by atoms with Crippen LogP contribution in [0.15, 0.2) is 79.0 Å². The molecule has 3 aromatic carbocycles. The van der Waals surface area contributed by atoms with E-state index in [0.29, 0.717) is 31.3 Å². The van der Waals surface area contributed by atoms with Gasteiger partial charge in [-0.3, -0.25) is 4.79 Å². The van der Waals surface area contributed by atoms with Crippen molar-refractivity contribution in [2.24, 2.45) is 17.6 Å². The zero-order valence-electron chi connectivity index (χ0n) is 22.8. The van der Waals surface area contributed by atoms with Crippen LogP contribution in [-0.2, 0) is 12.7 Å². The predicted molar refractivity (Wildman–Crippen MR) is 148 cm³/mol. The molecule has 0 aliphatic heterocycles. The second-order valence-corrected chi connectivity index (χ2v) is 10.4. The summed E-state index contributed by atoms with van der Waals surface area (Å²) >= 11 is 0. The third kappa shape index (κ3) is 6.90. The van der Waals surface area contributed by atoms with E-state index in [4.69, 9.17) is 10.7 Å². The largest absolute Gasteiger partial charge is 0.417 e. The van der Waals surface area contributed by atoms with Gasteiger partial charge in [-0.1, -0.05) is 62.4 Å². The van der Waals surface area contributed by atoms with Gasteiger partial charge in [0.25, 0.3) is 0 Å². The van der Waals surface area contributed by atoms with Crippen LogP contribution in [0.2, 0.25) is 0 Å². The van der Waals surface area contributed by atoms with Gasteiger partial charge in [0, 0.05) is 36.2 Å². The van der Waals surface area contributed by atoms with Gasteiger partial charge in [0.1, 0.15) is 17.5 Å². The number of aromatic nitrogens is 2. The van der Waals surface area contributed by atoms with E-state index in [1.54, 1.807) is 10.8 Å². The zero-order chi connectivity index (χ0) is 29.7. The lowest BCUT2D eigenvalue weighted by atomic mass is 9.76. The summed E-state index contributed by atoms with van der Waals surface area (Å²) in [5.74, 6) is -3.51. The second-order valence-electron chi connectivity index (χ2n) is 10.4. The molecule has 1 heterocycles. The lowest BCUT2D eigenvalue weighted by Crippen LogP contribution is -2.30.